The molecule has 0 aromatic carbocycles. The van der Waals surface area contributed by atoms with E-state index in [0.717, 1.165) is 48.9 Å². The van der Waals surface area contributed by atoms with Crippen LogP contribution in [0.4, 0.5) is 0 Å². The fourth-order valence-corrected chi connectivity index (χ4v) is 3.18. The average Bonchev–Trinajstić information content (AvgIpc) is 2.81. The molecule has 1 N–H and O–H groups in total. The number of halogens is 2. The van der Waals surface area contributed by atoms with Crippen LogP contribution in [-0.2, 0) is 11.2 Å². The molecule has 0 bridgehead atoms. The van der Waals surface area contributed by atoms with Gasteiger partial charge in [0.25, 0.3) is 0 Å². The van der Waals surface area contributed by atoms with Crippen LogP contribution < -0.4 is 5.32 Å². The third-order valence-corrected chi connectivity index (χ3v) is 4.43. The highest BCUT2D eigenvalue weighted by molar-refractivity contribution is 7.13. The van der Waals surface area contributed by atoms with Gasteiger partial charge in [0.1, 0.15) is 5.01 Å². The first kappa shape index (κ1) is 19.8. The Morgan fingerprint density at radius 1 is 1.30 bits per heavy atom. The number of carbonyl (C=O) groups is 1. The van der Waals surface area contributed by atoms with Crippen LogP contribution in [-0.4, -0.2) is 47.0 Å². The molecule has 1 amide bonds. The number of amides is 1. The lowest BCUT2D eigenvalue weighted by atomic mass is 10.2. The minimum absolute atomic E-state index is 0. The molecule has 2 aromatic heterocycles. The van der Waals surface area contributed by atoms with Crippen molar-refractivity contribution in [2.75, 3.05) is 26.2 Å². The fourth-order valence-electron chi connectivity index (χ4n) is 2.37. The predicted molar refractivity (Wildman–Crippen MR) is 97.6 cm³/mol. The van der Waals surface area contributed by atoms with E-state index in [-0.39, 0.29) is 30.7 Å². The van der Waals surface area contributed by atoms with Crippen LogP contribution in [0.3, 0.4) is 0 Å². The van der Waals surface area contributed by atoms with Crippen LogP contribution in [0.2, 0.25) is 0 Å². The van der Waals surface area contributed by atoms with E-state index in [1.165, 1.54) is 0 Å². The van der Waals surface area contributed by atoms with Gasteiger partial charge in [-0.3, -0.25) is 9.78 Å². The largest absolute Gasteiger partial charge is 0.341 e. The van der Waals surface area contributed by atoms with Crippen molar-refractivity contribution in [1.82, 2.24) is 20.2 Å². The highest BCUT2D eigenvalue weighted by Gasteiger charge is 2.17. The molecule has 23 heavy (non-hydrogen) atoms. The van der Waals surface area contributed by atoms with Gasteiger partial charge < -0.3 is 10.2 Å². The van der Waals surface area contributed by atoms with Gasteiger partial charge in [0, 0.05) is 43.0 Å². The van der Waals surface area contributed by atoms with Crippen LogP contribution in [0.5, 0.6) is 0 Å². The molecule has 0 radical (unpaired) electrons. The van der Waals surface area contributed by atoms with Crippen LogP contribution >= 0.6 is 36.2 Å². The summed E-state index contributed by atoms with van der Waals surface area (Å²) in [6, 6.07) is 3.88. The van der Waals surface area contributed by atoms with Gasteiger partial charge in [0.15, 0.2) is 0 Å². The number of hydrogen-bond acceptors (Lipinski definition) is 5. The van der Waals surface area contributed by atoms with Gasteiger partial charge in [-0.2, -0.15) is 0 Å². The van der Waals surface area contributed by atoms with Crippen LogP contribution in [0.15, 0.2) is 29.9 Å². The first-order chi connectivity index (χ1) is 10.3. The monoisotopic (exact) mass is 374 g/mol. The summed E-state index contributed by atoms with van der Waals surface area (Å²) in [5.41, 5.74) is 1.85. The normalized spacial score (nSPS) is 14.3. The maximum absolute atomic E-state index is 12.3. The fraction of sp³-hybridized carbons (Fsp3) is 0.400. The average molecular weight is 375 g/mol. The van der Waals surface area contributed by atoms with Gasteiger partial charge in [-0.15, -0.1) is 36.2 Å². The minimum Gasteiger partial charge on any atom is -0.341 e. The highest BCUT2D eigenvalue weighted by Crippen LogP contribution is 2.23. The Morgan fingerprint density at radius 2 is 2.17 bits per heavy atom. The maximum Gasteiger partial charge on any atom is 0.228 e. The number of nitrogens with one attached hydrogen (secondary N) is 1. The van der Waals surface area contributed by atoms with E-state index in [4.69, 9.17) is 0 Å². The number of rotatable bonds is 3. The lowest BCUT2D eigenvalue weighted by molar-refractivity contribution is -0.130. The van der Waals surface area contributed by atoms with Gasteiger partial charge in [-0.1, -0.05) is 0 Å². The molecular weight excluding hydrogens is 355 g/mol. The van der Waals surface area contributed by atoms with E-state index < -0.39 is 0 Å². The lowest BCUT2D eigenvalue weighted by Gasteiger charge is -2.19. The maximum atomic E-state index is 12.3. The summed E-state index contributed by atoms with van der Waals surface area (Å²) in [5.74, 6) is 0.168. The van der Waals surface area contributed by atoms with Gasteiger partial charge in [-0.25, -0.2) is 4.98 Å². The molecular formula is C15H20Cl2N4OS. The Balaban J connectivity index is 0.00000132. The van der Waals surface area contributed by atoms with E-state index in [1.807, 2.05) is 22.4 Å². The molecule has 0 saturated carbocycles. The van der Waals surface area contributed by atoms with E-state index >= 15 is 0 Å². The number of hydrogen-bond donors (Lipinski definition) is 1. The third kappa shape index (κ3) is 5.42. The highest BCUT2D eigenvalue weighted by atomic mass is 35.5. The van der Waals surface area contributed by atoms with Gasteiger partial charge >= 0.3 is 0 Å². The zero-order chi connectivity index (χ0) is 14.5. The molecule has 0 aliphatic carbocycles. The Bertz CT molecular complexity index is 601. The quantitative estimate of drug-likeness (QED) is 0.895. The van der Waals surface area contributed by atoms with Gasteiger partial charge in [0.2, 0.25) is 5.91 Å². The van der Waals surface area contributed by atoms with E-state index in [0.29, 0.717) is 6.42 Å². The molecule has 8 heteroatoms. The molecule has 0 atom stereocenters. The van der Waals surface area contributed by atoms with Crippen molar-refractivity contribution in [3.05, 3.63) is 35.6 Å². The molecule has 1 aliphatic rings. The van der Waals surface area contributed by atoms with E-state index in [9.17, 15) is 4.79 Å². The first-order valence-electron chi connectivity index (χ1n) is 7.16. The van der Waals surface area contributed by atoms with E-state index in [2.05, 4.69) is 15.3 Å². The summed E-state index contributed by atoms with van der Waals surface area (Å²) in [6.07, 6.45) is 4.94. The molecule has 126 valence electrons. The Labute approximate surface area is 152 Å². The smallest absolute Gasteiger partial charge is 0.228 e. The van der Waals surface area contributed by atoms with Crippen molar-refractivity contribution in [3.8, 4) is 10.6 Å². The van der Waals surface area contributed by atoms with Crippen molar-refractivity contribution in [2.24, 2.45) is 0 Å². The first-order valence-corrected chi connectivity index (χ1v) is 8.04. The zero-order valence-corrected chi connectivity index (χ0v) is 15.1. The van der Waals surface area contributed by atoms with Crippen molar-refractivity contribution in [2.45, 2.75) is 12.8 Å². The van der Waals surface area contributed by atoms with Gasteiger partial charge in [0.05, 0.1) is 12.1 Å². The third-order valence-electron chi connectivity index (χ3n) is 3.49. The number of thiazole rings is 1. The van der Waals surface area contributed by atoms with Crippen LogP contribution in [0, 0.1) is 0 Å². The second-order valence-corrected chi connectivity index (χ2v) is 5.90. The molecule has 2 aromatic rings. The molecule has 5 nitrogen and oxygen atoms in total. The number of pyridine rings is 1. The molecule has 1 fully saturated rings. The SMILES string of the molecule is Cl.Cl.O=C(Cc1csc(-c2cccnc2)n1)N1CCCNCC1. The summed E-state index contributed by atoms with van der Waals surface area (Å²) in [6.45, 7) is 3.50. The number of aromatic nitrogens is 2. The molecule has 1 aliphatic heterocycles. The summed E-state index contributed by atoms with van der Waals surface area (Å²) < 4.78 is 0. The molecule has 1 saturated heterocycles. The second kappa shape index (κ2) is 9.82. The standard InChI is InChI=1S/C15H18N4OS.2ClH/c20-14(19-7-2-5-16-6-8-19)9-13-11-21-15(18-13)12-3-1-4-17-10-12;;/h1,3-4,10-11,16H,2,5-9H2;2*1H. The van der Waals surface area contributed by atoms with Crippen molar-refractivity contribution in [1.29, 1.82) is 0 Å². The van der Waals surface area contributed by atoms with Crippen LogP contribution in [0.25, 0.3) is 10.6 Å². The predicted octanol–water partition coefficient (Wildman–Crippen LogP) is 2.41. The Morgan fingerprint density at radius 3 is 2.96 bits per heavy atom. The summed E-state index contributed by atoms with van der Waals surface area (Å²) in [5, 5.41) is 6.20. The summed E-state index contributed by atoms with van der Waals surface area (Å²) in [7, 11) is 0. The molecule has 3 rings (SSSR count). The second-order valence-electron chi connectivity index (χ2n) is 5.05. The van der Waals surface area contributed by atoms with Crippen molar-refractivity contribution < 1.29 is 4.79 Å². The van der Waals surface area contributed by atoms with Crippen molar-refractivity contribution in [3.63, 3.8) is 0 Å². The topological polar surface area (TPSA) is 58.1 Å². The van der Waals surface area contributed by atoms with E-state index in [1.54, 1.807) is 23.7 Å². The summed E-state index contributed by atoms with van der Waals surface area (Å²) >= 11 is 1.56. The molecule has 0 unspecified atom stereocenters. The lowest BCUT2D eigenvalue weighted by Crippen LogP contribution is -2.35. The van der Waals surface area contributed by atoms with Crippen LogP contribution in [0.1, 0.15) is 12.1 Å². The number of nitrogens with zero attached hydrogens (tertiary/aromatic N) is 3. The number of carbonyl (C=O) groups excluding carboxylic acids is 1. The Kier molecular flexibility index (Phi) is 8.47. The minimum atomic E-state index is 0. The van der Waals surface area contributed by atoms with Gasteiger partial charge in [-0.05, 0) is 25.1 Å². The Hall–Kier alpha value is -1.21. The molecule has 3 heterocycles. The summed E-state index contributed by atoms with van der Waals surface area (Å²) in [4.78, 5) is 22.9. The zero-order valence-electron chi connectivity index (χ0n) is 12.6. The molecule has 0 spiro atoms. The van der Waals surface area contributed by atoms with Crippen molar-refractivity contribution >= 4 is 42.1 Å².